The SMILES string of the molecule is CCC(CC)N(CCO)c1snc(N)c1S(=O)(=O)C1CC1. The minimum absolute atomic E-state index is 0.0305. The van der Waals surface area contributed by atoms with Crippen molar-refractivity contribution in [1.82, 2.24) is 4.37 Å². The van der Waals surface area contributed by atoms with Crippen molar-refractivity contribution in [2.75, 3.05) is 23.8 Å². The van der Waals surface area contributed by atoms with E-state index in [1.54, 1.807) is 0 Å². The standard InChI is InChI=1S/C13H23N3O3S2/c1-3-9(4-2)16(7-8-17)13-11(12(14)15-20-13)21(18,19)10-5-6-10/h9-10,17H,3-8H2,1-2H3,(H2,14,15). The fourth-order valence-corrected chi connectivity index (χ4v) is 5.68. The van der Waals surface area contributed by atoms with Gasteiger partial charge in [-0.25, -0.2) is 8.42 Å². The van der Waals surface area contributed by atoms with Crippen LogP contribution in [0.25, 0.3) is 0 Å². The zero-order valence-electron chi connectivity index (χ0n) is 12.4. The molecule has 0 amide bonds. The Morgan fingerprint density at radius 2 is 2.05 bits per heavy atom. The second-order valence-corrected chi connectivity index (χ2v) is 8.25. The molecule has 0 bridgehead atoms. The lowest BCUT2D eigenvalue weighted by Crippen LogP contribution is -2.37. The van der Waals surface area contributed by atoms with E-state index in [0.29, 0.717) is 24.4 Å². The second-order valence-electron chi connectivity index (χ2n) is 5.33. The Kier molecular flexibility index (Phi) is 5.11. The van der Waals surface area contributed by atoms with Crippen LogP contribution >= 0.6 is 11.5 Å². The first-order valence-corrected chi connectivity index (χ1v) is 9.65. The van der Waals surface area contributed by atoms with Crippen molar-refractivity contribution >= 4 is 32.2 Å². The van der Waals surface area contributed by atoms with E-state index in [1.165, 1.54) is 0 Å². The van der Waals surface area contributed by atoms with E-state index in [1.807, 2.05) is 4.90 Å². The van der Waals surface area contributed by atoms with Crippen molar-refractivity contribution in [3.05, 3.63) is 0 Å². The Balaban J connectivity index is 2.46. The van der Waals surface area contributed by atoms with Gasteiger partial charge in [-0.15, -0.1) is 0 Å². The zero-order valence-corrected chi connectivity index (χ0v) is 14.1. The lowest BCUT2D eigenvalue weighted by Gasteiger charge is -2.31. The van der Waals surface area contributed by atoms with Crippen LogP contribution in [0.1, 0.15) is 39.5 Å². The highest BCUT2D eigenvalue weighted by molar-refractivity contribution is 7.92. The molecule has 8 heteroatoms. The maximum absolute atomic E-state index is 12.6. The molecule has 0 spiro atoms. The number of aromatic nitrogens is 1. The van der Waals surface area contributed by atoms with E-state index in [0.717, 1.165) is 24.4 Å². The summed E-state index contributed by atoms with van der Waals surface area (Å²) in [5, 5.41) is 9.59. The maximum atomic E-state index is 12.6. The summed E-state index contributed by atoms with van der Waals surface area (Å²) in [6.45, 7) is 4.47. The summed E-state index contributed by atoms with van der Waals surface area (Å²) in [6.07, 6.45) is 3.14. The van der Waals surface area contributed by atoms with Gasteiger partial charge in [0.15, 0.2) is 15.7 Å². The van der Waals surface area contributed by atoms with Gasteiger partial charge in [0, 0.05) is 12.6 Å². The zero-order chi connectivity index (χ0) is 15.6. The van der Waals surface area contributed by atoms with Crippen molar-refractivity contribution in [2.24, 2.45) is 0 Å². The third kappa shape index (κ3) is 3.17. The highest BCUT2D eigenvalue weighted by Gasteiger charge is 2.42. The molecule has 0 atom stereocenters. The van der Waals surface area contributed by atoms with Crippen LogP contribution in [0.5, 0.6) is 0 Å². The number of hydrogen-bond donors (Lipinski definition) is 2. The van der Waals surface area contributed by atoms with Crippen LogP contribution < -0.4 is 10.6 Å². The monoisotopic (exact) mass is 333 g/mol. The van der Waals surface area contributed by atoms with E-state index in [2.05, 4.69) is 18.2 Å². The Morgan fingerprint density at radius 1 is 1.43 bits per heavy atom. The molecule has 0 aromatic carbocycles. The fraction of sp³-hybridized carbons (Fsp3) is 0.769. The maximum Gasteiger partial charge on any atom is 0.187 e. The van der Waals surface area contributed by atoms with Gasteiger partial charge in [-0.2, -0.15) is 4.37 Å². The lowest BCUT2D eigenvalue weighted by molar-refractivity contribution is 0.296. The van der Waals surface area contributed by atoms with Crippen molar-refractivity contribution in [3.63, 3.8) is 0 Å². The van der Waals surface area contributed by atoms with Gasteiger partial charge < -0.3 is 15.7 Å². The molecule has 120 valence electrons. The number of nitrogens with two attached hydrogens (primary N) is 1. The molecular formula is C13H23N3O3S2. The summed E-state index contributed by atoms with van der Waals surface area (Å²) < 4.78 is 29.3. The van der Waals surface area contributed by atoms with E-state index >= 15 is 0 Å². The van der Waals surface area contributed by atoms with Gasteiger partial charge in [0.05, 0.1) is 11.9 Å². The third-order valence-electron chi connectivity index (χ3n) is 3.89. The molecule has 0 unspecified atom stereocenters. The Morgan fingerprint density at radius 3 is 2.52 bits per heavy atom. The number of aliphatic hydroxyl groups is 1. The number of nitrogen functional groups attached to an aromatic ring is 1. The molecule has 1 aromatic rings. The molecular weight excluding hydrogens is 310 g/mol. The molecule has 1 heterocycles. The molecule has 21 heavy (non-hydrogen) atoms. The van der Waals surface area contributed by atoms with Gasteiger partial charge in [0.25, 0.3) is 0 Å². The topological polar surface area (TPSA) is 96.5 Å². The van der Waals surface area contributed by atoms with Crippen molar-refractivity contribution in [3.8, 4) is 0 Å². The summed E-state index contributed by atoms with van der Waals surface area (Å²) in [4.78, 5) is 2.12. The molecule has 1 fully saturated rings. The Hall–Kier alpha value is -0.860. The third-order valence-corrected chi connectivity index (χ3v) is 7.24. The van der Waals surface area contributed by atoms with Gasteiger partial charge in [-0.05, 0) is 37.2 Å². The van der Waals surface area contributed by atoms with Crippen molar-refractivity contribution in [1.29, 1.82) is 0 Å². The fourth-order valence-electron chi connectivity index (χ4n) is 2.57. The molecule has 0 saturated heterocycles. The normalized spacial score (nSPS) is 15.6. The summed E-state index contributed by atoms with van der Waals surface area (Å²) in [5.41, 5.74) is 5.84. The van der Waals surface area contributed by atoms with Crippen molar-refractivity contribution in [2.45, 2.75) is 55.7 Å². The van der Waals surface area contributed by atoms with Crippen molar-refractivity contribution < 1.29 is 13.5 Å². The van der Waals surface area contributed by atoms with Gasteiger partial charge in [0.1, 0.15) is 9.90 Å². The number of sulfone groups is 1. The number of anilines is 2. The first kappa shape index (κ1) is 16.5. The number of rotatable bonds is 8. The molecule has 1 saturated carbocycles. The highest BCUT2D eigenvalue weighted by Crippen LogP contribution is 2.43. The molecule has 2 rings (SSSR count). The Bertz CT molecular complexity index is 577. The highest BCUT2D eigenvalue weighted by atomic mass is 32.2. The summed E-state index contributed by atoms with van der Waals surface area (Å²) >= 11 is 1.12. The number of nitrogens with zero attached hydrogens (tertiary/aromatic N) is 2. The van der Waals surface area contributed by atoms with E-state index < -0.39 is 9.84 Å². The summed E-state index contributed by atoms with van der Waals surface area (Å²) in [5.74, 6) is 0.0933. The van der Waals surface area contributed by atoms with Crippen LogP contribution in [0, 0.1) is 0 Å². The molecule has 1 aliphatic carbocycles. The molecule has 1 aromatic heterocycles. The van der Waals surface area contributed by atoms with Gasteiger partial charge >= 0.3 is 0 Å². The average molecular weight is 333 g/mol. The van der Waals surface area contributed by atoms with E-state index in [4.69, 9.17) is 5.73 Å². The minimum atomic E-state index is -3.40. The second kappa shape index (κ2) is 6.50. The first-order valence-electron chi connectivity index (χ1n) is 7.33. The van der Waals surface area contributed by atoms with Crippen LogP contribution in [0.2, 0.25) is 0 Å². The molecule has 0 aliphatic heterocycles. The largest absolute Gasteiger partial charge is 0.395 e. The van der Waals surface area contributed by atoms with Gasteiger partial charge in [-0.1, -0.05) is 13.8 Å². The molecule has 6 nitrogen and oxygen atoms in total. The lowest BCUT2D eigenvalue weighted by atomic mass is 10.1. The first-order chi connectivity index (χ1) is 9.97. The van der Waals surface area contributed by atoms with E-state index in [9.17, 15) is 13.5 Å². The summed E-state index contributed by atoms with van der Waals surface area (Å²) in [6, 6.07) is 0.171. The number of aliphatic hydroxyl groups excluding tert-OH is 1. The molecule has 3 N–H and O–H groups in total. The van der Waals surface area contributed by atoms with Crippen LogP contribution in [0.15, 0.2) is 4.90 Å². The Labute approximate surface area is 130 Å². The van der Waals surface area contributed by atoms with Crippen LogP contribution in [-0.2, 0) is 9.84 Å². The van der Waals surface area contributed by atoms with E-state index in [-0.39, 0.29) is 28.6 Å². The average Bonchev–Trinajstić information content (AvgIpc) is 3.23. The smallest absolute Gasteiger partial charge is 0.187 e. The predicted molar refractivity (Wildman–Crippen MR) is 85.5 cm³/mol. The minimum Gasteiger partial charge on any atom is -0.395 e. The van der Waals surface area contributed by atoms with Crippen LogP contribution in [0.3, 0.4) is 0 Å². The van der Waals surface area contributed by atoms with Crippen LogP contribution in [-0.4, -0.2) is 42.3 Å². The van der Waals surface area contributed by atoms with Gasteiger partial charge in [-0.3, -0.25) is 0 Å². The quantitative estimate of drug-likeness (QED) is 0.751. The summed E-state index contributed by atoms with van der Waals surface area (Å²) in [7, 11) is -3.40. The van der Waals surface area contributed by atoms with Gasteiger partial charge in [0.2, 0.25) is 0 Å². The molecule has 1 aliphatic rings. The molecule has 0 radical (unpaired) electrons. The number of hydrogen-bond acceptors (Lipinski definition) is 7. The van der Waals surface area contributed by atoms with Crippen LogP contribution in [0.4, 0.5) is 10.8 Å². The predicted octanol–water partition coefficient (Wildman–Crippen LogP) is 1.65.